The van der Waals surface area contributed by atoms with Crippen LogP contribution in [0, 0.1) is 5.92 Å². The van der Waals surface area contributed by atoms with E-state index < -0.39 is 6.10 Å². The monoisotopic (exact) mass is 476 g/mol. The van der Waals surface area contributed by atoms with Crippen LogP contribution in [0.2, 0.25) is 10.0 Å². The molecule has 0 aromatic heterocycles. The van der Waals surface area contributed by atoms with E-state index in [9.17, 15) is 9.59 Å². The van der Waals surface area contributed by atoms with Gasteiger partial charge in [-0.15, -0.1) is 0 Å². The van der Waals surface area contributed by atoms with Gasteiger partial charge in [-0.3, -0.25) is 9.59 Å². The number of ketones is 1. The molecule has 1 heterocycles. The second kappa shape index (κ2) is 10.5. The van der Waals surface area contributed by atoms with Crippen molar-refractivity contribution >= 4 is 40.6 Å². The lowest BCUT2D eigenvalue weighted by Crippen LogP contribution is -2.49. The summed E-state index contributed by atoms with van der Waals surface area (Å²) in [6, 6.07) is 12.4. The molecule has 8 heteroatoms. The minimum atomic E-state index is -0.576. The highest BCUT2D eigenvalue weighted by Crippen LogP contribution is 2.32. The number of hydrogen-bond donors (Lipinski definition) is 2. The molecule has 0 spiro atoms. The molecular weight excluding hydrogens is 451 g/mol. The van der Waals surface area contributed by atoms with Crippen molar-refractivity contribution in [3.05, 3.63) is 52.5 Å². The van der Waals surface area contributed by atoms with Crippen molar-refractivity contribution in [3.63, 3.8) is 0 Å². The molecule has 1 atom stereocenters. The van der Waals surface area contributed by atoms with Crippen LogP contribution in [0.15, 0.2) is 42.5 Å². The van der Waals surface area contributed by atoms with Crippen LogP contribution in [0.5, 0.6) is 11.5 Å². The molecule has 1 amide bonds. The summed E-state index contributed by atoms with van der Waals surface area (Å²) in [5, 5.41) is 7.56. The molecule has 2 aromatic rings. The van der Waals surface area contributed by atoms with Crippen molar-refractivity contribution in [1.29, 1.82) is 0 Å². The van der Waals surface area contributed by atoms with E-state index in [1.54, 1.807) is 42.5 Å². The van der Waals surface area contributed by atoms with E-state index in [-0.39, 0.29) is 24.3 Å². The lowest BCUT2D eigenvalue weighted by molar-refractivity contribution is -0.129. The second-order valence-corrected chi connectivity index (χ2v) is 9.21. The molecular formula is C24H26Cl2N2O4. The maximum Gasteiger partial charge on any atom is 0.263 e. The largest absolute Gasteiger partial charge is 0.486 e. The van der Waals surface area contributed by atoms with Gasteiger partial charge in [-0.05, 0) is 74.1 Å². The zero-order valence-electron chi connectivity index (χ0n) is 17.6. The molecule has 170 valence electrons. The second-order valence-electron chi connectivity index (χ2n) is 8.34. The van der Waals surface area contributed by atoms with Crippen LogP contribution < -0.4 is 20.1 Å². The van der Waals surface area contributed by atoms with Crippen LogP contribution >= 0.6 is 23.2 Å². The lowest BCUT2D eigenvalue weighted by Gasteiger charge is -2.31. The third-order valence-electron chi connectivity index (χ3n) is 5.90. The predicted octanol–water partition coefficient (Wildman–Crippen LogP) is 4.88. The Bertz CT molecular complexity index is 959. The zero-order chi connectivity index (χ0) is 22.5. The smallest absolute Gasteiger partial charge is 0.263 e. The lowest BCUT2D eigenvalue weighted by atomic mass is 9.83. The van der Waals surface area contributed by atoms with Gasteiger partial charge < -0.3 is 20.1 Å². The molecule has 4 rings (SSSR count). The number of anilines is 1. The quantitative estimate of drug-likeness (QED) is 0.595. The summed E-state index contributed by atoms with van der Waals surface area (Å²) in [6.07, 6.45) is 3.45. The Hall–Kier alpha value is -2.44. The van der Waals surface area contributed by atoms with E-state index in [0.717, 1.165) is 31.4 Å². The predicted molar refractivity (Wildman–Crippen MR) is 125 cm³/mol. The van der Waals surface area contributed by atoms with Gasteiger partial charge in [-0.2, -0.15) is 0 Å². The number of ether oxygens (including phenoxy) is 2. The first kappa shape index (κ1) is 22.7. The Kier molecular flexibility index (Phi) is 7.43. The Morgan fingerprint density at radius 3 is 2.50 bits per heavy atom. The van der Waals surface area contributed by atoms with Crippen LogP contribution in [-0.4, -0.2) is 37.0 Å². The average molecular weight is 477 g/mol. The molecule has 1 saturated carbocycles. The summed E-state index contributed by atoms with van der Waals surface area (Å²) in [7, 11) is 0. The zero-order valence-corrected chi connectivity index (χ0v) is 19.1. The summed E-state index contributed by atoms with van der Waals surface area (Å²) in [6.45, 7) is 0.466. The Morgan fingerprint density at radius 1 is 1.03 bits per heavy atom. The summed E-state index contributed by atoms with van der Waals surface area (Å²) in [5.74, 6) is 1.57. The topological polar surface area (TPSA) is 76.7 Å². The number of nitrogens with one attached hydrogen (secondary N) is 2. The third kappa shape index (κ3) is 6.08. The fourth-order valence-corrected chi connectivity index (χ4v) is 4.47. The van der Waals surface area contributed by atoms with Crippen molar-refractivity contribution in [1.82, 2.24) is 5.32 Å². The minimum absolute atomic E-state index is 0.0665. The number of halogens is 2. The van der Waals surface area contributed by atoms with Crippen LogP contribution in [-0.2, 0) is 9.59 Å². The summed E-state index contributed by atoms with van der Waals surface area (Å²) < 4.78 is 11.4. The van der Waals surface area contributed by atoms with Crippen molar-refractivity contribution < 1.29 is 19.1 Å². The van der Waals surface area contributed by atoms with Gasteiger partial charge in [-0.25, -0.2) is 0 Å². The SMILES string of the molecule is O=C(COc1ccc(Cl)cc1)CC1CCC(NC(=O)[C@H]2CNc3cc(Cl)ccc3O2)CC1. The van der Waals surface area contributed by atoms with Gasteiger partial charge in [0.05, 0.1) is 12.2 Å². The number of fused-ring (bicyclic) bond motifs is 1. The van der Waals surface area contributed by atoms with E-state index in [2.05, 4.69) is 10.6 Å². The van der Waals surface area contributed by atoms with E-state index in [1.807, 2.05) is 0 Å². The van der Waals surface area contributed by atoms with Gasteiger partial charge in [0.2, 0.25) is 0 Å². The number of hydrogen-bond acceptors (Lipinski definition) is 5. The fraction of sp³-hybridized carbons (Fsp3) is 0.417. The standard InChI is InChI=1S/C24H26Cl2N2O4/c25-16-3-8-20(9-4-16)31-14-19(29)11-15-1-6-18(7-2-15)28-24(30)23-13-27-21-12-17(26)5-10-22(21)32-23/h3-5,8-10,12,15,18,23,27H,1-2,6-7,11,13-14H2,(H,28,30)/t15?,18?,23-/m1/s1. The summed E-state index contributed by atoms with van der Waals surface area (Å²) in [5.41, 5.74) is 0.798. The van der Waals surface area contributed by atoms with Crippen LogP contribution in [0.4, 0.5) is 5.69 Å². The number of benzene rings is 2. The molecule has 2 aromatic carbocycles. The molecule has 1 fully saturated rings. The summed E-state index contributed by atoms with van der Waals surface area (Å²) in [4.78, 5) is 24.9. The Balaban J connectivity index is 1.17. The highest BCUT2D eigenvalue weighted by molar-refractivity contribution is 6.31. The van der Waals surface area contributed by atoms with Gasteiger partial charge in [-0.1, -0.05) is 23.2 Å². The molecule has 1 aliphatic heterocycles. The number of carbonyl (C=O) groups excluding carboxylic acids is 2. The highest BCUT2D eigenvalue weighted by Gasteiger charge is 2.30. The van der Waals surface area contributed by atoms with Crippen molar-refractivity contribution in [2.24, 2.45) is 5.92 Å². The first-order valence-electron chi connectivity index (χ1n) is 10.9. The number of Topliss-reactive ketones (excluding diaryl/α,β-unsaturated/α-hetero) is 1. The maximum absolute atomic E-state index is 12.7. The van der Waals surface area contributed by atoms with Crippen LogP contribution in [0.25, 0.3) is 0 Å². The number of carbonyl (C=O) groups is 2. The van der Waals surface area contributed by atoms with Crippen molar-refractivity contribution in [2.45, 2.75) is 44.2 Å². The Labute approximate surface area is 197 Å². The van der Waals surface area contributed by atoms with Crippen LogP contribution in [0.3, 0.4) is 0 Å². The molecule has 0 saturated heterocycles. The molecule has 0 radical (unpaired) electrons. The number of amides is 1. The van der Waals surface area contributed by atoms with E-state index in [0.29, 0.717) is 40.4 Å². The molecule has 32 heavy (non-hydrogen) atoms. The first-order chi connectivity index (χ1) is 15.5. The van der Waals surface area contributed by atoms with Gasteiger partial charge in [0.1, 0.15) is 18.1 Å². The molecule has 2 aliphatic rings. The molecule has 0 unspecified atom stereocenters. The molecule has 0 bridgehead atoms. The minimum Gasteiger partial charge on any atom is -0.486 e. The van der Waals surface area contributed by atoms with E-state index in [4.69, 9.17) is 32.7 Å². The van der Waals surface area contributed by atoms with Crippen LogP contribution in [0.1, 0.15) is 32.1 Å². The van der Waals surface area contributed by atoms with Gasteiger partial charge in [0.25, 0.3) is 5.91 Å². The average Bonchev–Trinajstić information content (AvgIpc) is 2.79. The third-order valence-corrected chi connectivity index (χ3v) is 6.39. The van der Waals surface area contributed by atoms with Crippen molar-refractivity contribution in [3.8, 4) is 11.5 Å². The Morgan fingerprint density at radius 2 is 1.75 bits per heavy atom. The van der Waals surface area contributed by atoms with Gasteiger partial charge in [0.15, 0.2) is 11.9 Å². The number of rotatable bonds is 7. The van der Waals surface area contributed by atoms with Gasteiger partial charge >= 0.3 is 0 Å². The van der Waals surface area contributed by atoms with E-state index in [1.165, 1.54) is 0 Å². The fourth-order valence-electron chi connectivity index (χ4n) is 4.17. The maximum atomic E-state index is 12.7. The normalized spacial score (nSPS) is 22.1. The van der Waals surface area contributed by atoms with Crippen molar-refractivity contribution in [2.75, 3.05) is 18.5 Å². The van der Waals surface area contributed by atoms with E-state index >= 15 is 0 Å². The molecule has 2 N–H and O–H groups in total. The molecule has 6 nitrogen and oxygen atoms in total. The molecule has 1 aliphatic carbocycles. The van der Waals surface area contributed by atoms with Gasteiger partial charge in [0, 0.05) is 22.5 Å². The first-order valence-corrected chi connectivity index (χ1v) is 11.6. The highest BCUT2D eigenvalue weighted by atomic mass is 35.5. The summed E-state index contributed by atoms with van der Waals surface area (Å²) >= 11 is 11.8.